The van der Waals surface area contributed by atoms with E-state index < -0.39 is 0 Å². The van der Waals surface area contributed by atoms with Crippen LogP contribution in [-0.2, 0) is 4.74 Å². The molecule has 0 atom stereocenters. The van der Waals surface area contributed by atoms with E-state index >= 15 is 0 Å². The molecule has 0 aliphatic heterocycles. The summed E-state index contributed by atoms with van der Waals surface area (Å²) in [5.74, 6) is 0. The molecular formula is C6H17ClO2. The molecule has 0 heterocycles. The molecule has 0 aromatic carbocycles. The summed E-state index contributed by atoms with van der Waals surface area (Å²) in [5, 5.41) is 7.57. The molecule has 0 rings (SSSR count). The van der Waals surface area contributed by atoms with Crippen LogP contribution in [0.2, 0.25) is 0 Å². The molecule has 0 unspecified atom stereocenters. The highest BCUT2D eigenvalue weighted by Gasteiger charge is 1.64. The summed E-state index contributed by atoms with van der Waals surface area (Å²) >= 11 is 0. The molecule has 3 heteroatoms. The van der Waals surface area contributed by atoms with E-state index in [1.54, 1.807) is 6.92 Å². The fourth-order valence-electron chi connectivity index (χ4n) is 0.204. The van der Waals surface area contributed by atoms with E-state index in [0.29, 0.717) is 0 Å². The lowest BCUT2D eigenvalue weighted by Gasteiger charge is -1.86. The van der Waals surface area contributed by atoms with Crippen molar-refractivity contribution in [1.29, 1.82) is 0 Å². The summed E-state index contributed by atoms with van der Waals surface area (Å²) in [5.41, 5.74) is 0. The molecule has 0 saturated heterocycles. The van der Waals surface area contributed by atoms with E-state index in [1.807, 2.05) is 13.8 Å². The zero-order valence-corrected chi connectivity index (χ0v) is 7.20. The van der Waals surface area contributed by atoms with Crippen LogP contribution in [0.5, 0.6) is 0 Å². The first-order valence-electron chi connectivity index (χ1n) is 3.01. The third-order valence-electron chi connectivity index (χ3n) is 0.408. The van der Waals surface area contributed by atoms with Gasteiger partial charge in [0.1, 0.15) is 0 Å². The lowest BCUT2D eigenvalue weighted by molar-refractivity contribution is 0.162. The SMILES string of the molecule is CCO.CCOCC.Cl. The Morgan fingerprint density at radius 3 is 1.33 bits per heavy atom. The van der Waals surface area contributed by atoms with Gasteiger partial charge in [0.2, 0.25) is 0 Å². The number of aliphatic hydroxyl groups is 1. The molecule has 0 aliphatic carbocycles. The predicted octanol–water partition coefficient (Wildman–Crippen LogP) is 1.46. The van der Waals surface area contributed by atoms with Crippen LogP contribution in [-0.4, -0.2) is 24.9 Å². The molecular weight excluding hydrogens is 140 g/mol. The maximum absolute atomic E-state index is 7.57. The summed E-state index contributed by atoms with van der Waals surface area (Å²) in [4.78, 5) is 0. The minimum atomic E-state index is 0. The number of hydrogen-bond donors (Lipinski definition) is 1. The molecule has 0 aromatic heterocycles. The highest BCUT2D eigenvalue weighted by Crippen LogP contribution is 1.64. The largest absolute Gasteiger partial charge is 0.397 e. The lowest BCUT2D eigenvalue weighted by atomic mass is 10.8. The van der Waals surface area contributed by atoms with Gasteiger partial charge in [-0.25, -0.2) is 0 Å². The quantitative estimate of drug-likeness (QED) is 0.656. The third-order valence-corrected chi connectivity index (χ3v) is 0.408. The number of aliphatic hydroxyl groups excluding tert-OH is 1. The smallest absolute Gasteiger partial charge is 0.0437 e. The number of rotatable bonds is 2. The molecule has 0 fully saturated rings. The molecule has 60 valence electrons. The van der Waals surface area contributed by atoms with Crippen LogP contribution < -0.4 is 0 Å². The monoisotopic (exact) mass is 156 g/mol. The first kappa shape index (κ1) is 16.1. The van der Waals surface area contributed by atoms with Crippen molar-refractivity contribution in [2.45, 2.75) is 20.8 Å². The van der Waals surface area contributed by atoms with E-state index in [-0.39, 0.29) is 19.0 Å². The van der Waals surface area contributed by atoms with Crippen LogP contribution >= 0.6 is 12.4 Å². The third kappa shape index (κ3) is 64.8. The van der Waals surface area contributed by atoms with Gasteiger partial charge in [-0.2, -0.15) is 0 Å². The first-order chi connectivity index (χ1) is 3.83. The molecule has 0 saturated carbocycles. The minimum absolute atomic E-state index is 0. The number of hydrogen-bond acceptors (Lipinski definition) is 2. The molecule has 0 amide bonds. The average Bonchev–Trinajstić information content (AvgIpc) is 1.71. The Balaban J connectivity index is -0.0000000800. The Morgan fingerprint density at radius 1 is 1.11 bits per heavy atom. The molecule has 1 N–H and O–H groups in total. The maximum atomic E-state index is 7.57. The Bertz CT molecular complexity index is 25.0. The molecule has 2 nitrogen and oxygen atoms in total. The molecule has 0 spiro atoms. The van der Waals surface area contributed by atoms with Gasteiger partial charge < -0.3 is 9.84 Å². The number of halogens is 1. The molecule has 0 aliphatic rings. The van der Waals surface area contributed by atoms with Crippen LogP contribution in [0.1, 0.15) is 20.8 Å². The fraction of sp³-hybridized carbons (Fsp3) is 1.00. The van der Waals surface area contributed by atoms with Gasteiger partial charge in [0.05, 0.1) is 0 Å². The highest BCUT2D eigenvalue weighted by molar-refractivity contribution is 5.85. The van der Waals surface area contributed by atoms with E-state index in [4.69, 9.17) is 9.84 Å². The normalized spacial score (nSPS) is 6.67. The zero-order chi connectivity index (χ0) is 6.83. The Kier molecular flexibility index (Phi) is 43.1. The van der Waals surface area contributed by atoms with Crippen molar-refractivity contribution in [3.05, 3.63) is 0 Å². The molecule has 0 aromatic rings. The molecule has 9 heavy (non-hydrogen) atoms. The summed E-state index contributed by atoms with van der Waals surface area (Å²) in [6, 6.07) is 0. The zero-order valence-electron chi connectivity index (χ0n) is 6.39. The maximum Gasteiger partial charge on any atom is 0.0437 e. The van der Waals surface area contributed by atoms with Crippen molar-refractivity contribution in [2.75, 3.05) is 19.8 Å². The van der Waals surface area contributed by atoms with Gasteiger partial charge in [-0.3, -0.25) is 0 Å². The second-order valence-corrected chi connectivity index (χ2v) is 1.10. The van der Waals surface area contributed by atoms with Crippen LogP contribution in [0.4, 0.5) is 0 Å². The van der Waals surface area contributed by atoms with Crippen molar-refractivity contribution >= 4 is 12.4 Å². The van der Waals surface area contributed by atoms with Gasteiger partial charge in [0.25, 0.3) is 0 Å². The Morgan fingerprint density at radius 2 is 1.33 bits per heavy atom. The summed E-state index contributed by atoms with van der Waals surface area (Å²) < 4.78 is 4.83. The van der Waals surface area contributed by atoms with Gasteiger partial charge >= 0.3 is 0 Å². The highest BCUT2D eigenvalue weighted by atomic mass is 35.5. The van der Waals surface area contributed by atoms with E-state index in [9.17, 15) is 0 Å². The topological polar surface area (TPSA) is 29.5 Å². The van der Waals surface area contributed by atoms with Gasteiger partial charge in [-0.05, 0) is 20.8 Å². The molecule has 0 radical (unpaired) electrons. The van der Waals surface area contributed by atoms with Crippen LogP contribution in [0.25, 0.3) is 0 Å². The second-order valence-electron chi connectivity index (χ2n) is 1.10. The van der Waals surface area contributed by atoms with Gasteiger partial charge in [-0.1, -0.05) is 0 Å². The Hall–Kier alpha value is 0.210. The van der Waals surface area contributed by atoms with Crippen molar-refractivity contribution in [1.82, 2.24) is 0 Å². The van der Waals surface area contributed by atoms with Crippen LogP contribution in [0.15, 0.2) is 0 Å². The summed E-state index contributed by atoms with van der Waals surface area (Å²) in [7, 11) is 0. The number of ether oxygens (including phenoxy) is 1. The van der Waals surface area contributed by atoms with Gasteiger partial charge in [0, 0.05) is 19.8 Å². The predicted molar refractivity (Wildman–Crippen MR) is 42.2 cm³/mol. The summed E-state index contributed by atoms with van der Waals surface area (Å²) in [6.45, 7) is 7.60. The second kappa shape index (κ2) is 24.1. The van der Waals surface area contributed by atoms with E-state index in [2.05, 4.69) is 0 Å². The summed E-state index contributed by atoms with van der Waals surface area (Å²) in [6.07, 6.45) is 0. The minimum Gasteiger partial charge on any atom is -0.397 e. The van der Waals surface area contributed by atoms with Crippen molar-refractivity contribution in [3.63, 3.8) is 0 Å². The van der Waals surface area contributed by atoms with E-state index in [1.165, 1.54) is 0 Å². The van der Waals surface area contributed by atoms with Gasteiger partial charge in [-0.15, -0.1) is 12.4 Å². The average molecular weight is 157 g/mol. The standard InChI is InChI=1S/C4H10O.C2H6O.ClH/c1-3-5-4-2;1-2-3;/h3-4H2,1-2H3;3H,2H2,1H3;1H. The van der Waals surface area contributed by atoms with Gasteiger partial charge in [0.15, 0.2) is 0 Å². The fourth-order valence-corrected chi connectivity index (χ4v) is 0.204. The van der Waals surface area contributed by atoms with Crippen LogP contribution in [0, 0.1) is 0 Å². The molecule has 0 bridgehead atoms. The van der Waals surface area contributed by atoms with Crippen molar-refractivity contribution in [3.8, 4) is 0 Å². The van der Waals surface area contributed by atoms with E-state index in [0.717, 1.165) is 13.2 Å². The Labute approximate surface area is 63.6 Å². The first-order valence-corrected chi connectivity index (χ1v) is 3.01. The van der Waals surface area contributed by atoms with Crippen molar-refractivity contribution < 1.29 is 9.84 Å². The van der Waals surface area contributed by atoms with Crippen molar-refractivity contribution in [2.24, 2.45) is 0 Å². The van der Waals surface area contributed by atoms with Crippen LogP contribution in [0.3, 0.4) is 0 Å². The lowest BCUT2D eigenvalue weighted by Crippen LogP contribution is -1.84.